The Hall–Kier alpha value is -4.59. The predicted octanol–water partition coefficient (Wildman–Crippen LogP) is 3.12. The van der Waals surface area contributed by atoms with Crippen molar-refractivity contribution in [2.24, 2.45) is 0 Å². The van der Waals surface area contributed by atoms with Crippen LogP contribution in [0.15, 0.2) is 83.9 Å². The number of H-pyrrole nitrogens is 1. The van der Waals surface area contributed by atoms with Crippen LogP contribution >= 0.6 is 7.75 Å². The van der Waals surface area contributed by atoms with Crippen molar-refractivity contribution >= 4 is 41.6 Å². The lowest BCUT2D eigenvalue weighted by Gasteiger charge is -2.25. The molecule has 0 aliphatic rings. The molecular weight excluding hydrogens is 591 g/mol. The second-order valence-electron chi connectivity index (χ2n) is 9.74. The molecule has 0 radical (unpaired) electrons. The minimum absolute atomic E-state index is 0.0246. The standard InChI is InChI=1S/C29H31N6O8P/c1-19(28(38)40-15-20-8-3-2-4-9-20)34-44(39,43-24-13-7-11-21-10-5-6-12-23(21)24)42-16-22(14-36)41-18-35-17-31-25-26(35)32-29(30)33-27(25)37/h2-13,17,19,22,36H,14-16,18H2,1H3,(H,34,39)(H3,30,32,33,37)/t19-,22?,44?/m0/s1. The molecule has 0 amide bonds. The maximum absolute atomic E-state index is 14.1. The molecule has 0 aliphatic carbocycles. The molecule has 0 fully saturated rings. The number of carbonyl (C=O) groups excluding carboxylic acids is 1. The first-order valence-electron chi connectivity index (χ1n) is 13.6. The van der Waals surface area contributed by atoms with Gasteiger partial charge in [0.2, 0.25) is 5.95 Å². The Kier molecular flexibility index (Phi) is 9.68. The molecule has 2 aromatic heterocycles. The number of rotatable bonds is 14. The van der Waals surface area contributed by atoms with Gasteiger partial charge in [-0.1, -0.05) is 66.7 Å². The van der Waals surface area contributed by atoms with Gasteiger partial charge in [0.15, 0.2) is 11.2 Å². The molecule has 15 heteroatoms. The lowest BCUT2D eigenvalue weighted by Crippen LogP contribution is -2.36. The van der Waals surface area contributed by atoms with Gasteiger partial charge in [0.1, 0.15) is 31.2 Å². The Morgan fingerprint density at radius 1 is 1.11 bits per heavy atom. The summed E-state index contributed by atoms with van der Waals surface area (Å²) in [6.07, 6.45) is 0.332. The highest BCUT2D eigenvalue weighted by Gasteiger charge is 2.34. The number of fused-ring (bicyclic) bond motifs is 2. The summed E-state index contributed by atoms with van der Waals surface area (Å²) in [7, 11) is -4.29. The first-order valence-corrected chi connectivity index (χ1v) is 15.1. The molecule has 5 rings (SSSR count). The van der Waals surface area contributed by atoms with Crippen LogP contribution in [0, 0.1) is 0 Å². The molecule has 230 valence electrons. The Morgan fingerprint density at radius 3 is 2.66 bits per heavy atom. The summed E-state index contributed by atoms with van der Waals surface area (Å²) in [5, 5.41) is 14.1. The Bertz CT molecular complexity index is 1840. The van der Waals surface area contributed by atoms with E-state index < -0.39 is 44.6 Å². The molecule has 3 atom stereocenters. The van der Waals surface area contributed by atoms with Gasteiger partial charge in [0.05, 0.1) is 19.5 Å². The van der Waals surface area contributed by atoms with E-state index in [0.717, 1.165) is 10.9 Å². The number of aromatic nitrogens is 4. The van der Waals surface area contributed by atoms with Gasteiger partial charge in [-0.05, 0) is 23.9 Å². The monoisotopic (exact) mass is 622 g/mol. The number of nitrogen functional groups attached to an aromatic ring is 1. The van der Waals surface area contributed by atoms with Crippen molar-refractivity contribution < 1.29 is 33.0 Å². The third-order valence-corrected chi connectivity index (χ3v) is 8.10. The zero-order chi connectivity index (χ0) is 31.1. The number of esters is 1. The van der Waals surface area contributed by atoms with Gasteiger partial charge < -0.3 is 24.8 Å². The van der Waals surface area contributed by atoms with E-state index in [-0.39, 0.29) is 36.2 Å². The van der Waals surface area contributed by atoms with Crippen LogP contribution in [0.5, 0.6) is 5.75 Å². The van der Waals surface area contributed by atoms with E-state index in [1.807, 2.05) is 54.6 Å². The molecular formula is C29H31N6O8P. The fraction of sp³-hybridized carbons (Fsp3) is 0.241. The summed E-state index contributed by atoms with van der Waals surface area (Å²) < 4.78 is 38.3. The Morgan fingerprint density at radius 2 is 1.86 bits per heavy atom. The number of nitrogens with zero attached hydrogens (tertiary/aromatic N) is 3. The van der Waals surface area contributed by atoms with Crippen molar-refractivity contribution in [3.63, 3.8) is 0 Å². The molecule has 0 spiro atoms. The second-order valence-corrected chi connectivity index (χ2v) is 11.4. The third-order valence-electron chi connectivity index (χ3n) is 6.47. The lowest BCUT2D eigenvalue weighted by molar-refractivity contribution is -0.146. The van der Waals surface area contributed by atoms with Crippen LogP contribution in [0.3, 0.4) is 0 Å². The van der Waals surface area contributed by atoms with Gasteiger partial charge in [-0.3, -0.25) is 23.7 Å². The number of imidazole rings is 1. The van der Waals surface area contributed by atoms with Crippen LogP contribution in [0.25, 0.3) is 21.9 Å². The summed E-state index contributed by atoms with van der Waals surface area (Å²) in [5.74, 6) is -0.521. The number of ether oxygens (including phenoxy) is 2. The number of benzene rings is 3. The number of hydrogen-bond acceptors (Lipinski definition) is 11. The molecule has 0 aliphatic heterocycles. The summed E-state index contributed by atoms with van der Waals surface area (Å²) in [5.41, 5.74) is 6.16. The van der Waals surface area contributed by atoms with Crippen molar-refractivity contribution in [3.8, 4) is 5.75 Å². The van der Waals surface area contributed by atoms with Crippen LogP contribution in [-0.4, -0.2) is 56.0 Å². The number of aliphatic hydroxyl groups excluding tert-OH is 1. The van der Waals surface area contributed by atoms with Crippen molar-refractivity contribution in [2.45, 2.75) is 32.4 Å². The summed E-state index contributed by atoms with van der Waals surface area (Å²) >= 11 is 0. The molecule has 44 heavy (non-hydrogen) atoms. The predicted molar refractivity (Wildman–Crippen MR) is 161 cm³/mol. The highest BCUT2D eigenvalue weighted by atomic mass is 31.2. The first kappa shape index (κ1) is 30.9. The number of hydrogen-bond donors (Lipinski definition) is 4. The maximum Gasteiger partial charge on any atom is 0.459 e. The number of aromatic amines is 1. The fourth-order valence-corrected chi connectivity index (χ4v) is 5.76. The van der Waals surface area contributed by atoms with Crippen LogP contribution in [0.4, 0.5) is 5.95 Å². The second kappa shape index (κ2) is 13.8. The molecule has 14 nitrogen and oxygen atoms in total. The van der Waals surface area contributed by atoms with Crippen LogP contribution in [0.2, 0.25) is 0 Å². The maximum atomic E-state index is 14.1. The number of anilines is 1. The van der Waals surface area contributed by atoms with Gasteiger partial charge in [-0.15, -0.1) is 0 Å². The number of nitrogens with one attached hydrogen (secondary N) is 2. The number of nitrogens with two attached hydrogens (primary N) is 1. The molecule has 3 aromatic carbocycles. The highest BCUT2D eigenvalue weighted by Crippen LogP contribution is 2.47. The minimum atomic E-state index is -4.29. The Labute approximate surface area is 251 Å². The Balaban J connectivity index is 1.30. The van der Waals surface area contributed by atoms with Crippen LogP contribution < -0.4 is 20.9 Å². The summed E-state index contributed by atoms with van der Waals surface area (Å²) in [6, 6.07) is 20.6. The molecule has 0 bridgehead atoms. The van der Waals surface area contributed by atoms with E-state index >= 15 is 0 Å². The van der Waals surface area contributed by atoms with Crippen molar-refractivity contribution in [1.82, 2.24) is 24.6 Å². The molecule has 2 unspecified atom stereocenters. The van der Waals surface area contributed by atoms with E-state index in [1.54, 1.807) is 18.2 Å². The average Bonchev–Trinajstić information content (AvgIpc) is 3.43. The average molecular weight is 623 g/mol. The van der Waals surface area contributed by atoms with Gasteiger partial charge in [0.25, 0.3) is 5.56 Å². The van der Waals surface area contributed by atoms with Crippen LogP contribution in [0.1, 0.15) is 12.5 Å². The van der Waals surface area contributed by atoms with Gasteiger partial charge in [0, 0.05) is 5.39 Å². The van der Waals surface area contributed by atoms with E-state index in [4.69, 9.17) is 24.3 Å². The van der Waals surface area contributed by atoms with Gasteiger partial charge in [-0.25, -0.2) is 9.55 Å². The molecule has 0 saturated carbocycles. The SMILES string of the molecule is C[C@H](NP(=O)(OCC(CO)OCn1cnc2c(=O)[nH]c(N)nc21)Oc1cccc2ccccc12)C(=O)OCc1ccccc1. The number of carbonyl (C=O) groups is 1. The summed E-state index contributed by atoms with van der Waals surface area (Å²) in [4.78, 5) is 35.3. The van der Waals surface area contributed by atoms with E-state index in [0.29, 0.717) is 5.39 Å². The fourth-order valence-electron chi connectivity index (χ4n) is 4.22. The molecule has 2 heterocycles. The normalized spacial score (nSPS) is 14.2. The van der Waals surface area contributed by atoms with E-state index in [2.05, 4.69) is 20.0 Å². The third kappa shape index (κ3) is 7.48. The minimum Gasteiger partial charge on any atom is -0.460 e. The van der Waals surface area contributed by atoms with Crippen molar-refractivity contribution in [1.29, 1.82) is 0 Å². The highest BCUT2D eigenvalue weighted by molar-refractivity contribution is 7.52. The van der Waals surface area contributed by atoms with E-state index in [1.165, 1.54) is 17.8 Å². The first-order chi connectivity index (χ1) is 21.2. The molecule has 5 aromatic rings. The largest absolute Gasteiger partial charge is 0.460 e. The summed E-state index contributed by atoms with van der Waals surface area (Å²) in [6.45, 7) is 0.383. The van der Waals surface area contributed by atoms with Crippen molar-refractivity contribution in [3.05, 3.63) is 95.0 Å². The zero-order valence-corrected chi connectivity index (χ0v) is 24.6. The number of aliphatic hydroxyl groups is 1. The topological polar surface area (TPSA) is 193 Å². The van der Waals surface area contributed by atoms with Gasteiger partial charge >= 0.3 is 13.7 Å². The smallest absolute Gasteiger partial charge is 0.459 e. The lowest BCUT2D eigenvalue weighted by atomic mass is 10.1. The zero-order valence-electron chi connectivity index (χ0n) is 23.7. The van der Waals surface area contributed by atoms with E-state index in [9.17, 15) is 19.3 Å². The van der Waals surface area contributed by atoms with Crippen LogP contribution in [-0.2, 0) is 36.7 Å². The quantitative estimate of drug-likeness (QED) is 0.105. The van der Waals surface area contributed by atoms with Gasteiger partial charge in [-0.2, -0.15) is 10.1 Å². The molecule has 0 saturated heterocycles. The molecule has 5 N–H and O–H groups in total. The van der Waals surface area contributed by atoms with Crippen molar-refractivity contribution in [2.75, 3.05) is 18.9 Å².